The molecule has 0 radical (unpaired) electrons. The van der Waals surface area contributed by atoms with Gasteiger partial charge in [0.2, 0.25) is 5.95 Å². The smallest absolute Gasteiger partial charge is 0.375 e. The number of nitrogens with two attached hydrogens (primary N) is 1. The number of hydrogen-bond donors (Lipinski definition) is 2. The van der Waals surface area contributed by atoms with E-state index in [-0.39, 0.29) is 40.2 Å². The molecular weight excluding hydrogens is 632 g/mol. The number of nitrogens with zero attached hydrogens (tertiary/aromatic N) is 6. The number of anilines is 2. The van der Waals surface area contributed by atoms with Gasteiger partial charge < -0.3 is 15.7 Å². The number of aliphatic hydroxyl groups is 1. The fourth-order valence-electron chi connectivity index (χ4n) is 6.53. The average Bonchev–Trinajstić information content (AvgIpc) is 3.26. The van der Waals surface area contributed by atoms with E-state index in [2.05, 4.69) is 21.5 Å². The second kappa shape index (κ2) is 10.6. The molecule has 3 aromatic heterocycles. The maximum atomic E-state index is 15.2. The number of nitrogen functional groups attached to an aromatic ring is 1. The molecule has 0 amide bonds. The van der Waals surface area contributed by atoms with Gasteiger partial charge in [0, 0.05) is 81.2 Å². The van der Waals surface area contributed by atoms with Crippen molar-refractivity contribution in [2.75, 3.05) is 41.0 Å². The number of aromatic nitrogens is 4. The molecule has 7 rings (SSSR count). The van der Waals surface area contributed by atoms with E-state index in [0.29, 0.717) is 51.6 Å². The van der Waals surface area contributed by atoms with Crippen LogP contribution in [-0.2, 0) is 12.7 Å². The van der Waals surface area contributed by atoms with E-state index in [9.17, 15) is 9.90 Å². The van der Waals surface area contributed by atoms with E-state index in [1.54, 1.807) is 21.7 Å². The third-order valence-electron chi connectivity index (χ3n) is 8.80. The molecule has 3 atom stereocenters. The first-order chi connectivity index (χ1) is 20.9. The zero-order valence-corrected chi connectivity index (χ0v) is 26.4. The molecule has 3 aliphatic heterocycles. The predicted octanol–water partition coefficient (Wildman–Crippen LogP) is 4.91. The lowest BCUT2D eigenvalue weighted by Crippen LogP contribution is -2.59. The molecule has 15 heteroatoms. The molecule has 232 valence electrons. The van der Waals surface area contributed by atoms with Crippen molar-refractivity contribution in [1.29, 1.82) is 0 Å². The summed E-state index contributed by atoms with van der Waals surface area (Å²) in [5.41, 5.74) is 5.53. The minimum absolute atomic E-state index is 0.00835. The molecule has 4 aromatic rings. The lowest BCUT2D eigenvalue weighted by molar-refractivity contribution is -0.137. The van der Waals surface area contributed by atoms with Crippen molar-refractivity contribution >= 4 is 67.7 Å². The second-order valence-corrected chi connectivity index (χ2v) is 14.8. The number of rotatable bonds is 4. The molecule has 1 aromatic carbocycles. The summed E-state index contributed by atoms with van der Waals surface area (Å²) in [6.07, 6.45) is -2.60. The van der Waals surface area contributed by atoms with Gasteiger partial charge in [-0.3, -0.25) is 9.47 Å². The zero-order chi connectivity index (χ0) is 31.1. The first kappa shape index (κ1) is 29.8. The van der Waals surface area contributed by atoms with Crippen LogP contribution in [0, 0.1) is 5.41 Å². The minimum atomic E-state index is -4.71. The summed E-state index contributed by atoms with van der Waals surface area (Å²) >= 11 is 4.41. The van der Waals surface area contributed by atoms with E-state index in [1.165, 1.54) is 35.4 Å². The maximum absolute atomic E-state index is 15.2. The first-order valence-corrected chi connectivity index (χ1v) is 17.1. The average molecular weight is 662 g/mol. The summed E-state index contributed by atoms with van der Waals surface area (Å²) in [7, 11) is 0. The largest absolute Gasteiger partial charge is 0.417 e. The topological polar surface area (TPSA) is 113 Å². The van der Waals surface area contributed by atoms with Gasteiger partial charge >= 0.3 is 11.9 Å². The van der Waals surface area contributed by atoms with Crippen LogP contribution in [0.2, 0.25) is 0 Å². The van der Waals surface area contributed by atoms with Crippen molar-refractivity contribution < 1.29 is 18.3 Å². The summed E-state index contributed by atoms with van der Waals surface area (Å²) in [6.45, 7) is 8.69. The number of hydrogen-bond acceptors (Lipinski definition) is 11. The Morgan fingerprint density at radius 1 is 1.20 bits per heavy atom. The van der Waals surface area contributed by atoms with Gasteiger partial charge in [-0.05, 0) is 26.0 Å². The highest BCUT2D eigenvalue weighted by molar-refractivity contribution is 8.01. The van der Waals surface area contributed by atoms with Crippen molar-refractivity contribution in [2.45, 2.75) is 49.8 Å². The lowest BCUT2D eigenvalue weighted by atomic mass is 9.93. The van der Waals surface area contributed by atoms with Crippen LogP contribution >= 0.6 is 34.9 Å². The maximum Gasteiger partial charge on any atom is 0.417 e. The molecule has 9 nitrogen and oxygen atoms in total. The standard InChI is InChI=1S/C29H30F3N7O2S3/c1-4-20(40)37-7-15(3)38(8-14(37)2)25-16-5-18(29(30,31)32)21(17-9-43-19-6-34-26(33)35-22(17)19)24-23(16)39(27(41)36-25)10-28(13-44-24)11-42-12-28/h4-6,9,14-15,20,40H,1,7-8,10-13H2,2-3H3,(H2,33,34,35)/t14-,15+,20?/m1/s1. The number of thiophene rings is 1. The Balaban J connectivity index is 1.53. The summed E-state index contributed by atoms with van der Waals surface area (Å²) < 4.78 is 47.7. The molecule has 1 spiro atoms. The van der Waals surface area contributed by atoms with Crippen LogP contribution in [0.25, 0.3) is 32.2 Å². The SMILES string of the molecule is C=CC(O)N1C[C@H](C)N(c2nc(=O)n3c4c(c(-c5csc6cnc(N)nc56)c(C(F)(F)F)cc24)SCC2(CSC2)C3)C[C@H]1C. The van der Waals surface area contributed by atoms with E-state index in [1.807, 2.05) is 23.6 Å². The van der Waals surface area contributed by atoms with Crippen LogP contribution in [0.3, 0.4) is 0 Å². The molecule has 2 saturated heterocycles. The van der Waals surface area contributed by atoms with E-state index in [4.69, 9.17) is 5.73 Å². The van der Waals surface area contributed by atoms with E-state index >= 15 is 13.2 Å². The predicted molar refractivity (Wildman–Crippen MR) is 171 cm³/mol. The molecule has 0 bridgehead atoms. The van der Waals surface area contributed by atoms with Crippen LogP contribution in [0.4, 0.5) is 24.9 Å². The Hall–Kier alpha value is -2.85. The Kier molecular flexibility index (Phi) is 7.20. The van der Waals surface area contributed by atoms with Gasteiger partial charge in [-0.1, -0.05) is 6.58 Å². The van der Waals surface area contributed by atoms with Crippen molar-refractivity contribution in [3.05, 3.63) is 46.3 Å². The number of aliphatic hydroxyl groups excluding tert-OH is 1. The summed E-state index contributed by atoms with van der Waals surface area (Å²) in [4.78, 5) is 31.0. The molecule has 3 aliphatic rings. The van der Waals surface area contributed by atoms with E-state index in [0.717, 1.165) is 17.6 Å². The Morgan fingerprint density at radius 2 is 1.98 bits per heavy atom. The Labute approximate surface area is 263 Å². The molecule has 1 unspecified atom stereocenters. The highest BCUT2D eigenvalue weighted by Gasteiger charge is 2.45. The second-order valence-electron chi connectivity index (χ2n) is 11.9. The fourth-order valence-corrected chi connectivity index (χ4v) is 10.3. The summed E-state index contributed by atoms with van der Waals surface area (Å²) in [5, 5.41) is 12.4. The normalized spacial score (nSPS) is 22.7. The van der Waals surface area contributed by atoms with Gasteiger partial charge in [0.05, 0.1) is 27.5 Å². The van der Waals surface area contributed by atoms with Crippen LogP contribution in [0.1, 0.15) is 19.4 Å². The van der Waals surface area contributed by atoms with Gasteiger partial charge in [-0.25, -0.2) is 14.8 Å². The Bertz CT molecular complexity index is 1870. The van der Waals surface area contributed by atoms with Crippen LogP contribution in [-0.4, -0.2) is 78.2 Å². The minimum Gasteiger partial charge on any atom is -0.375 e. The number of fused-ring (bicyclic) bond motifs is 1. The van der Waals surface area contributed by atoms with Gasteiger partial charge in [0.15, 0.2) is 0 Å². The molecular formula is C29H30F3N7O2S3. The monoisotopic (exact) mass is 661 g/mol. The summed E-state index contributed by atoms with van der Waals surface area (Å²) in [5.74, 6) is 2.41. The quantitative estimate of drug-likeness (QED) is 0.293. The number of halogens is 3. The Morgan fingerprint density at radius 3 is 2.66 bits per heavy atom. The van der Waals surface area contributed by atoms with Crippen molar-refractivity contribution in [2.24, 2.45) is 5.41 Å². The van der Waals surface area contributed by atoms with E-state index < -0.39 is 23.7 Å². The number of alkyl halides is 3. The molecule has 6 heterocycles. The highest BCUT2D eigenvalue weighted by Crippen LogP contribution is 2.54. The van der Waals surface area contributed by atoms with Crippen molar-refractivity contribution in [3.63, 3.8) is 0 Å². The third-order valence-corrected chi connectivity index (χ3v) is 12.8. The highest BCUT2D eigenvalue weighted by atomic mass is 32.2. The molecule has 44 heavy (non-hydrogen) atoms. The molecule has 0 aliphatic carbocycles. The summed E-state index contributed by atoms with van der Waals surface area (Å²) in [6, 6.07) is 0.732. The van der Waals surface area contributed by atoms with Crippen LogP contribution in [0.15, 0.2) is 40.0 Å². The zero-order valence-electron chi connectivity index (χ0n) is 24.0. The molecule has 3 N–H and O–H groups in total. The number of piperazine rings is 1. The fraction of sp³-hybridized carbons (Fsp3) is 0.448. The van der Waals surface area contributed by atoms with Gasteiger partial charge in [-0.2, -0.15) is 29.9 Å². The lowest BCUT2D eigenvalue weighted by Gasteiger charge is -2.46. The van der Waals surface area contributed by atoms with Crippen molar-refractivity contribution in [1.82, 2.24) is 24.4 Å². The van der Waals surface area contributed by atoms with Gasteiger partial charge in [0.25, 0.3) is 0 Å². The number of benzene rings is 1. The third kappa shape index (κ3) is 4.70. The van der Waals surface area contributed by atoms with Gasteiger partial charge in [-0.15, -0.1) is 23.1 Å². The first-order valence-electron chi connectivity index (χ1n) is 14.1. The van der Waals surface area contributed by atoms with Crippen LogP contribution in [0.5, 0.6) is 0 Å². The molecule has 2 fully saturated rings. The molecule has 0 saturated carbocycles. The van der Waals surface area contributed by atoms with Gasteiger partial charge in [0.1, 0.15) is 12.0 Å². The number of thioether (sulfide) groups is 2. The van der Waals surface area contributed by atoms with Crippen LogP contribution < -0.4 is 16.3 Å². The van der Waals surface area contributed by atoms with Crippen molar-refractivity contribution in [3.8, 4) is 11.1 Å².